The molecule has 1 aliphatic rings. The van der Waals surface area contributed by atoms with Crippen LogP contribution in [-0.2, 0) is 6.42 Å². The molecule has 29 heavy (non-hydrogen) atoms. The second-order valence-electron chi connectivity index (χ2n) is 7.79. The van der Waals surface area contributed by atoms with Gasteiger partial charge in [0.2, 0.25) is 0 Å². The SMILES string of the molecule is C=Cc1ccc(-c2ccc3c(c2)C(c2ccccc2)CCc2ccccc2-3)cc1. The van der Waals surface area contributed by atoms with Crippen LogP contribution in [0.2, 0.25) is 0 Å². The zero-order valence-electron chi connectivity index (χ0n) is 16.5. The Morgan fingerprint density at radius 2 is 1.41 bits per heavy atom. The molecule has 0 saturated carbocycles. The Labute approximate surface area is 173 Å². The number of hydrogen-bond donors (Lipinski definition) is 0. The molecule has 5 rings (SSSR count). The van der Waals surface area contributed by atoms with Gasteiger partial charge >= 0.3 is 0 Å². The summed E-state index contributed by atoms with van der Waals surface area (Å²) in [5.74, 6) is 0.408. The van der Waals surface area contributed by atoms with E-state index in [0.29, 0.717) is 5.92 Å². The first kappa shape index (κ1) is 17.7. The summed E-state index contributed by atoms with van der Waals surface area (Å²) in [7, 11) is 0. The molecule has 0 aliphatic heterocycles. The topological polar surface area (TPSA) is 0 Å². The second-order valence-corrected chi connectivity index (χ2v) is 7.79. The van der Waals surface area contributed by atoms with Gasteiger partial charge in [0.05, 0.1) is 0 Å². The zero-order valence-corrected chi connectivity index (χ0v) is 16.5. The van der Waals surface area contributed by atoms with Crippen LogP contribution in [0.1, 0.15) is 34.6 Å². The Bertz CT molecular complexity index is 1150. The van der Waals surface area contributed by atoms with E-state index in [2.05, 4.69) is 104 Å². The summed E-state index contributed by atoms with van der Waals surface area (Å²) in [6.45, 7) is 3.87. The van der Waals surface area contributed by atoms with Gasteiger partial charge in [0.15, 0.2) is 0 Å². The van der Waals surface area contributed by atoms with Crippen LogP contribution in [0.4, 0.5) is 0 Å². The number of rotatable bonds is 3. The molecule has 0 saturated heterocycles. The molecule has 1 aliphatic carbocycles. The Morgan fingerprint density at radius 3 is 2.21 bits per heavy atom. The fourth-order valence-corrected chi connectivity index (χ4v) is 4.58. The van der Waals surface area contributed by atoms with Crippen LogP contribution in [0.15, 0.2) is 104 Å². The van der Waals surface area contributed by atoms with Gasteiger partial charge in [-0.15, -0.1) is 0 Å². The van der Waals surface area contributed by atoms with E-state index in [4.69, 9.17) is 0 Å². The van der Waals surface area contributed by atoms with Crippen molar-refractivity contribution >= 4 is 6.08 Å². The highest BCUT2D eigenvalue weighted by Gasteiger charge is 2.23. The summed E-state index contributed by atoms with van der Waals surface area (Å²) in [6.07, 6.45) is 4.13. The number of fused-ring (bicyclic) bond motifs is 3. The molecule has 0 fully saturated rings. The lowest BCUT2D eigenvalue weighted by Gasteiger charge is -2.20. The highest BCUT2D eigenvalue weighted by molar-refractivity contribution is 5.78. The molecule has 0 bridgehead atoms. The maximum absolute atomic E-state index is 3.87. The fraction of sp³-hybridized carbons (Fsp3) is 0.103. The van der Waals surface area contributed by atoms with E-state index in [-0.39, 0.29) is 0 Å². The Morgan fingerprint density at radius 1 is 0.690 bits per heavy atom. The molecule has 4 aromatic carbocycles. The molecule has 1 atom stereocenters. The van der Waals surface area contributed by atoms with Crippen molar-refractivity contribution in [1.29, 1.82) is 0 Å². The standard InChI is InChI=1S/C29H24/c1-2-21-12-14-22(15-13-21)25-17-19-28-26-11-7-6-10-24(26)16-18-27(29(28)20-25)23-8-4-3-5-9-23/h2-15,17,19-20,27H,1,16,18H2. The molecule has 0 nitrogen and oxygen atoms in total. The lowest BCUT2D eigenvalue weighted by atomic mass is 9.84. The fourth-order valence-electron chi connectivity index (χ4n) is 4.58. The first-order valence-electron chi connectivity index (χ1n) is 10.3. The van der Waals surface area contributed by atoms with Gasteiger partial charge in [-0.2, -0.15) is 0 Å². The maximum atomic E-state index is 3.87. The predicted molar refractivity (Wildman–Crippen MR) is 124 cm³/mol. The molecule has 0 N–H and O–H groups in total. The van der Waals surface area contributed by atoms with Crippen molar-refractivity contribution in [3.63, 3.8) is 0 Å². The second kappa shape index (κ2) is 7.56. The molecule has 0 aromatic heterocycles. The molecule has 0 radical (unpaired) electrons. The van der Waals surface area contributed by atoms with Crippen LogP contribution in [0.25, 0.3) is 28.3 Å². The van der Waals surface area contributed by atoms with E-state index in [1.165, 1.54) is 38.9 Å². The average Bonchev–Trinajstić information content (AvgIpc) is 2.96. The van der Waals surface area contributed by atoms with E-state index < -0.39 is 0 Å². The Balaban J connectivity index is 1.69. The predicted octanol–water partition coefficient (Wildman–Crippen LogP) is 7.74. The van der Waals surface area contributed by atoms with Crippen LogP contribution in [-0.4, -0.2) is 0 Å². The van der Waals surface area contributed by atoms with E-state index >= 15 is 0 Å². The summed E-state index contributed by atoms with van der Waals surface area (Å²) in [6, 6.07) is 35.5. The highest BCUT2D eigenvalue weighted by atomic mass is 14.3. The molecular formula is C29H24. The number of hydrogen-bond acceptors (Lipinski definition) is 0. The molecule has 1 unspecified atom stereocenters. The lowest BCUT2D eigenvalue weighted by molar-refractivity contribution is 0.726. The Hall–Kier alpha value is -3.38. The van der Waals surface area contributed by atoms with Gasteiger partial charge in [0.25, 0.3) is 0 Å². The molecule has 0 heteroatoms. The summed E-state index contributed by atoms with van der Waals surface area (Å²) in [5, 5.41) is 0. The van der Waals surface area contributed by atoms with Gasteiger partial charge in [-0.25, -0.2) is 0 Å². The van der Waals surface area contributed by atoms with E-state index in [0.717, 1.165) is 18.4 Å². The van der Waals surface area contributed by atoms with Gasteiger partial charge in [-0.3, -0.25) is 0 Å². The zero-order chi connectivity index (χ0) is 19.6. The number of benzene rings is 4. The first-order chi connectivity index (χ1) is 14.3. The summed E-state index contributed by atoms with van der Waals surface area (Å²) in [4.78, 5) is 0. The maximum Gasteiger partial charge on any atom is 0.00988 e. The quantitative estimate of drug-likeness (QED) is 0.345. The monoisotopic (exact) mass is 372 g/mol. The van der Waals surface area contributed by atoms with Crippen molar-refractivity contribution in [2.75, 3.05) is 0 Å². The van der Waals surface area contributed by atoms with E-state index in [1.54, 1.807) is 0 Å². The number of aryl methyl sites for hydroxylation is 1. The summed E-state index contributed by atoms with van der Waals surface area (Å²) >= 11 is 0. The van der Waals surface area contributed by atoms with E-state index in [1.807, 2.05) is 6.08 Å². The first-order valence-corrected chi connectivity index (χ1v) is 10.3. The normalized spacial score (nSPS) is 15.1. The van der Waals surface area contributed by atoms with Crippen molar-refractivity contribution < 1.29 is 0 Å². The van der Waals surface area contributed by atoms with Crippen LogP contribution in [0.3, 0.4) is 0 Å². The smallest absolute Gasteiger partial charge is 0.00988 e. The van der Waals surface area contributed by atoms with Gasteiger partial charge in [-0.05, 0) is 63.4 Å². The lowest BCUT2D eigenvalue weighted by Crippen LogP contribution is -2.02. The minimum Gasteiger partial charge on any atom is -0.0985 e. The van der Waals surface area contributed by atoms with Gasteiger partial charge in [0, 0.05) is 5.92 Å². The third-order valence-corrected chi connectivity index (χ3v) is 6.12. The van der Waals surface area contributed by atoms with E-state index in [9.17, 15) is 0 Å². The minimum absolute atomic E-state index is 0.408. The molecule has 0 heterocycles. The molecule has 4 aromatic rings. The van der Waals surface area contributed by atoms with Gasteiger partial charge < -0.3 is 0 Å². The van der Waals surface area contributed by atoms with Crippen molar-refractivity contribution in [2.24, 2.45) is 0 Å². The summed E-state index contributed by atoms with van der Waals surface area (Å²) < 4.78 is 0. The van der Waals surface area contributed by atoms with Crippen molar-refractivity contribution in [1.82, 2.24) is 0 Å². The van der Waals surface area contributed by atoms with Crippen molar-refractivity contribution in [2.45, 2.75) is 18.8 Å². The van der Waals surface area contributed by atoms with Crippen LogP contribution in [0.5, 0.6) is 0 Å². The third kappa shape index (κ3) is 3.32. The molecule has 140 valence electrons. The summed E-state index contributed by atoms with van der Waals surface area (Å²) in [5.41, 5.74) is 10.7. The van der Waals surface area contributed by atoms with Crippen LogP contribution in [0, 0.1) is 0 Å². The highest BCUT2D eigenvalue weighted by Crippen LogP contribution is 2.42. The molecule has 0 spiro atoms. The Kier molecular flexibility index (Phi) is 4.62. The van der Waals surface area contributed by atoms with Crippen molar-refractivity contribution in [3.8, 4) is 22.3 Å². The van der Waals surface area contributed by atoms with Crippen LogP contribution >= 0.6 is 0 Å². The average molecular weight is 373 g/mol. The van der Waals surface area contributed by atoms with Gasteiger partial charge in [0.1, 0.15) is 0 Å². The molecular weight excluding hydrogens is 348 g/mol. The minimum atomic E-state index is 0.408. The largest absolute Gasteiger partial charge is 0.0985 e. The van der Waals surface area contributed by atoms with Crippen LogP contribution < -0.4 is 0 Å². The van der Waals surface area contributed by atoms with Crippen molar-refractivity contribution in [3.05, 3.63) is 126 Å². The van der Waals surface area contributed by atoms with Gasteiger partial charge in [-0.1, -0.05) is 104 Å². The third-order valence-electron chi connectivity index (χ3n) is 6.12. The molecule has 0 amide bonds.